The predicted octanol–water partition coefficient (Wildman–Crippen LogP) is 4.24. The minimum Gasteiger partial charge on any atom is -0.299 e. The highest BCUT2D eigenvalue weighted by atomic mass is 79.9. The molecule has 136 valence electrons. The molecule has 4 unspecified atom stereocenters. The molecule has 0 saturated heterocycles. The highest BCUT2D eigenvalue weighted by molar-refractivity contribution is 9.11. The summed E-state index contributed by atoms with van der Waals surface area (Å²) in [5.41, 5.74) is 2.46. The number of hydrogen-bond acceptors (Lipinski definition) is 1. The zero-order valence-corrected chi connectivity index (χ0v) is 17.8. The third kappa shape index (κ3) is 4.39. The van der Waals surface area contributed by atoms with Gasteiger partial charge in [0.05, 0.1) is 0 Å². The van der Waals surface area contributed by atoms with Gasteiger partial charge in [0.15, 0.2) is 0 Å². The highest BCUT2D eigenvalue weighted by Gasteiger charge is 2.38. The molecule has 1 saturated carbocycles. The first-order valence-corrected chi connectivity index (χ1v) is 10.5. The van der Waals surface area contributed by atoms with Crippen LogP contribution in [0.3, 0.4) is 0 Å². The summed E-state index contributed by atoms with van der Waals surface area (Å²) < 4.78 is 15.2. The van der Waals surface area contributed by atoms with Crippen LogP contribution in [-0.2, 0) is 11.2 Å². The summed E-state index contributed by atoms with van der Waals surface area (Å²) in [5, 5.41) is 1.06. The molecule has 0 aliphatic heterocycles. The molecule has 0 N–H and O–H groups in total. The Balaban J connectivity index is 1.70. The van der Waals surface area contributed by atoms with Crippen molar-refractivity contribution in [2.24, 2.45) is 11.3 Å². The highest BCUT2D eigenvalue weighted by Crippen LogP contribution is 2.45. The van der Waals surface area contributed by atoms with Crippen molar-refractivity contribution in [3.8, 4) is 0 Å². The maximum absolute atomic E-state index is 14.3. The Morgan fingerprint density at radius 2 is 2.19 bits per heavy atom. The van der Waals surface area contributed by atoms with Crippen LogP contribution in [-0.4, -0.2) is 19.8 Å². The van der Waals surface area contributed by atoms with E-state index in [2.05, 4.69) is 32.1 Å². The molecular formula is C21H24BBrFOP. The second-order valence-electron chi connectivity index (χ2n) is 7.96. The topological polar surface area (TPSA) is 17.1 Å². The van der Waals surface area contributed by atoms with Crippen molar-refractivity contribution in [3.63, 3.8) is 0 Å². The standard InChI is InChI=1S/C21H24BBrFOP/c1-21(11-15-17(23)5-3-6-18(15)24)9-8-13(19(25)12-21)10-14-16(22)4-2-7-20(14)26/h2-5,7,13,18H,6,8-12,26H2,1H3. The van der Waals surface area contributed by atoms with Crippen molar-refractivity contribution in [1.82, 2.24) is 0 Å². The van der Waals surface area contributed by atoms with Crippen molar-refractivity contribution in [2.75, 3.05) is 0 Å². The Hall–Kier alpha value is -0.725. The molecule has 1 nitrogen and oxygen atoms in total. The van der Waals surface area contributed by atoms with Crippen LogP contribution < -0.4 is 10.8 Å². The first kappa shape index (κ1) is 20.0. The van der Waals surface area contributed by atoms with E-state index in [1.807, 2.05) is 30.4 Å². The Kier molecular flexibility index (Phi) is 6.24. The van der Waals surface area contributed by atoms with Crippen LogP contribution in [0.15, 0.2) is 40.4 Å². The Labute approximate surface area is 167 Å². The van der Waals surface area contributed by atoms with Crippen molar-refractivity contribution in [3.05, 3.63) is 46.0 Å². The molecule has 0 spiro atoms. The third-order valence-electron chi connectivity index (χ3n) is 5.76. The maximum Gasteiger partial charge on any atom is 0.136 e. The van der Waals surface area contributed by atoms with Crippen molar-refractivity contribution < 1.29 is 9.18 Å². The third-order valence-corrected chi connectivity index (χ3v) is 7.08. The zero-order chi connectivity index (χ0) is 18.9. The van der Waals surface area contributed by atoms with E-state index in [-0.39, 0.29) is 17.1 Å². The molecular weight excluding hydrogens is 409 g/mol. The van der Waals surface area contributed by atoms with Crippen LogP contribution in [0.5, 0.6) is 0 Å². The fourth-order valence-corrected chi connectivity index (χ4v) is 5.13. The molecule has 2 aliphatic carbocycles. The Morgan fingerprint density at radius 1 is 1.42 bits per heavy atom. The van der Waals surface area contributed by atoms with E-state index in [4.69, 9.17) is 7.85 Å². The fourth-order valence-electron chi connectivity index (χ4n) is 4.15. The second-order valence-corrected chi connectivity index (χ2v) is 9.44. The van der Waals surface area contributed by atoms with E-state index in [1.165, 1.54) is 0 Å². The molecule has 1 fully saturated rings. The quantitative estimate of drug-likeness (QED) is 0.513. The molecule has 1 aromatic carbocycles. The van der Waals surface area contributed by atoms with E-state index in [1.54, 1.807) is 0 Å². The molecule has 3 rings (SSSR count). The van der Waals surface area contributed by atoms with E-state index in [0.29, 0.717) is 25.7 Å². The fraction of sp³-hybridized carbons (Fsp3) is 0.476. The molecule has 0 aromatic heterocycles. The van der Waals surface area contributed by atoms with Crippen molar-refractivity contribution in [2.45, 2.75) is 51.6 Å². The monoisotopic (exact) mass is 432 g/mol. The van der Waals surface area contributed by atoms with Gasteiger partial charge in [0, 0.05) is 23.2 Å². The van der Waals surface area contributed by atoms with Crippen LogP contribution in [0.1, 0.15) is 44.6 Å². The second kappa shape index (κ2) is 8.11. The van der Waals surface area contributed by atoms with E-state index >= 15 is 0 Å². The number of carbonyl (C=O) groups is 1. The first-order valence-electron chi connectivity index (χ1n) is 9.14. The normalized spacial score (nSPS) is 29.3. The lowest BCUT2D eigenvalue weighted by Crippen LogP contribution is -2.36. The Morgan fingerprint density at radius 3 is 2.85 bits per heavy atom. The van der Waals surface area contributed by atoms with Crippen LogP contribution in [0.2, 0.25) is 0 Å². The van der Waals surface area contributed by atoms with Gasteiger partial charge in [0.1, 0.15) is 19.8 Å². The van der Waals surface area contributed by atoms with Gasteiger partial charge in [0.2, 0.25) is 0 Å². The van der Waals surface area contributed by atoms with Crippen molar-refractivity contribution in [1.29, 1.82) is 0 Å². The number of halogens is 2. The zero-order valence-electron chi connectivity index (χ0n) is 15.1. The average Bonchev–Trinajstić information content (AvgIpc) is 2.57. The number of ketones is 1. The molecule has 4 atom stereocenters. The van der Waals surface area contributed by atoms with Gasteiger partial charge in [-0.2, -0.15) is 0 Å². The summed E-state index contributed by atoms with van der Waals surface area (Å²) in [4.78, 5) is 12.9. The molecule has 1 aromatic rings. The van der Waals surface area contributed by atoms with E-state index < -0.39 is 6.17 Å². The summed E-state index contributed by atoms with van der Waals surface area (Å²) in [6.45, 7) is 2.12. The average molecular weight is 433 g/mol. The number of benzene rings is 1. The largest absolute Gasteiger partial charge is 0.299 e. The molecule has 26 heavy (non-hydrogen) atoms. The lowest BCUT2D eigenvalue weighted by molar-refractivity contribution is -0.128. The molecule has 2 radical (unpaired) electrons. The van der Waals surface area contributed by atoms with Gasteiger partial charge in [-0.25, -0.2) is 4.39 Å². The van der Waals surface area contributed by atoms with Gasteiger partial charge in [0.25, 0.3) is 0 Å². The molecule has 0 amide bonds. The minimum atomic E-state index is -0.942. The van der Waals surface area contributed by atoms with Gasteiger partial charge < -0.3 is 0 Å². The molecule has 0 heterocycles. The van der Waals surface area contributed by atoms with Crippen LogP contribution in [0.4, 0.5) is 4.39 Å². The summed E-state index contributed by atoms with van der Waals surface area (Å²) in [5.74, 6) is 0.293. The number of Topliss-reactive ketones (excluding diaryl/α,β-unsaturated/α-hetero) is 1. The van der Waals surface area contributed by atoms with Gasteiger partial charge in [-0.15, -0.1) is 9.24 Å². The number of hydrogen-bond donors (Lipinski definition) is 0. The molecule has 2 aliphatic rings. The summed E-state index contributed by atoms with van der Waals surface area (Å²) in [7, 11) is 8.82. The minimum absolute atomic E-state index is 0.0110. The van der Waals surface area contributed by atoms with Gasteiger partial charge in [-0.3, -0.25) is 4.79 Å². The van der Waals surface area contributed by atoms with Crippen molar-refractivity contribution >= 4 is 49.6 Å². The van der Waals surface area contributed by atoms with Gasteiger partial charge >= 0.3 is 0 Å². The number of rotatable bonds is 4. The van der Waals surface area contributed by atoms with Crippen LogP contribution in [0, 0.1) is 11.3 Å². The maximum atomic E-state index is 14.3. The lowest BCUT2D eigenvalue weighted by Gasteiger charge is -2.38. The van der Waals surface area contributed by atoms with E-state index in [0.717, 1.165) is 39.2 Å². The molecule has 0 bridgehead atoms. The van der Waals surface area contributed by atoms with Gasteiger partial charge in [-0.1, -0.05) is 58.7 Å². The predicted molar refractivity (Wildman–Crippen MR) is 115 cm³/mol. The smallest absolute Gasteiger partial charge is 0.136 e. The summed E-state index contributed by atoms with van der Waals surface area (Å²) in [6, 6.07) is 5.83. The number of alkyl halides is 1. The summed E-state index contributed by atoms with van der Waals surface area (Å²) >= 11 is 3.48. The number of carbonyl (C=O) groups excluding carboxylic acids is 1. The lowest BCUT2D eigenvalue weighted by atomic mass is 9.66. The first-order chi connectivity index (χ1) is 12.3. The van der Waals surface area contributed by atoms with Gasteiger partial charge in [-0.05, 0) is 47.5 Å². The Bertz CT molecular complexity index is 755. The van der Waals surface area contributed by atoms with Crippen LogP contribution >= 0.6 is 25.2 Å². The SMILES string of the molecule is [B]c1cccc(P)c1CC1CCC(C)(CC2=C(Br)C=CCC2F)CC1=O. The van der Waals surface area contributed by atoms with Crippen LogP contribution in [0.25, 0.3) is 0 Å². The number of allylic oxidation sites excluding steroid dienone is 4. The van der Waals surface area contributed by atoms with E-state index in [9.17, 15) is 9.18 Å². The summed E-state index contributed by atoms with van der Waals surface area (Å²) in [6.07, 6.45) is 6.89. The molecule has 5 heteroatoms.